The molecule has 0 heterocycles. The van der Waals surface area contributed by atoms with Gasteiger partial charge in [0, 0.05) is 0 Å². The van der Waals surface area contributed by atoms with Crippen LogP contribution in [0.15, 0.2) is 18.2 Å². The Morgan fingerprint density at radius 1 is 1.33 bits per heavy atom. The van der Waals surface area contributed by atoms with E-state index >= 15 is 0 Å². The molecule has 0 radical (unpaired) electrons. The normalized spacial score (nSPS) is 37.0. The molecule has 0 amide bonds. The van der Waals surface area contributed by atoms with Crippen molar-refractivity contribution in [3.8, 4) is 0 Å². The van der Waals surface area contributed by atoms with Crippen molar-refractivity contribution in [3.05, 3.63) is 35.1 Å². The first-order valence-corrected chi connectivity index (χ1v) is 5.56. The summed E-state index contributed by atoms with van der Waals surface area (Å²) in [7, 11) is 0. The van der Waals surface area contributed by atoms with E-state index in [1.165, 1.54) is 24.8 Å². The molecule has 1 nitrogen and oxygen atoms in total. The molecule has 0 atom stereocenters. The summed E-state index contributed by atoms with van der Waals surface area (Å²) in [6.45, 7) is 2.65. The Kier molecular flexibility index (Phi) is 1.63. The number of halogens is 1. The van der Waals surface area contributed by atoms with Gasteiger partial charge in [0.1, 0.15) is 5.82 Å². The highest BCUT2D eigenvalue weighted by Gasteiger charge is 2.67. The molecule has 0 aliphatic heterocycles. The van der Waals surface area contributed by atoms with E-state index in [1.54, 1.807) is 6.07 Å². The summed E-state index contributed by atoms with van der Waals surface area (Å²) < 4.78 is 13.1. The zero-order valence-corrected chi connectivity index (χ0v) is 9.02. The van der Waals surface area contributed by atoms with E-state index in [9.17, 15) is 4.39 Å². The van der Waals surface area contributed by atoms with Crippen LogP contribution in [0, 0.1) is 18.2 Å². The van der Waals surface area contributed by atoms with Gasteiger partial charge in [-0.25, -0.2) is 4.39 Å². The molecule has 0 saturated heterocycles. The maximum atomic E-state index is 13.1. The van der Waals surface area contributed by atoms with Crippen LogP contribution in [-0.4, -0.2) is 6.54 Å². The molecule has 15 heavy (non-hydrogen) atoms. The minimum Gasteiger partial charge on any atom is -0.330 e. The fourth-order valence-electron chi connectivity index (χ4n) is 3.50. The zero-order valence-electron chi connectivity index (χ0n) is 9.02. The van der Waals surface area contributed by atoms with Crippen molar-refractivity contribution in [1.82, 2.24) is 0 Å². The highest BCUT2D eigenvalue weighted by atomic mass is 19.1. The van der Waals surface area contributed by atoms with E-state index < -0.39 is 0 Å². The maximum absolute atomic E-state index is 13.1. The molecule has 1 aromatic rings. The molecule has 3 fully saturated rings. The Balaban J connectivity index is 1.88. The van der Waals surface area contributed by atoms with E-state index in [-0.39, 0.29) is 5.82 Å². The SMILES string of the molecule is Cc1cc(C23CC(CN)(C2)C3)ccc1F. The van der Waals surface area contributed by atoms with Gasteiger partial charge in [0.2, 0.25) is 0 Å². The largest absolute Gasteiger partial charge is 0.330 e. The van der Waals surface area contributed by atoms with Gasteiger partial charge in [-0.05, 0) is 60.8 Å². The van der Waals surface area contributed by atoms with Crippen molar-refractivity contribution in [2.75, 3.05) is 6.54 Å². The Morgan fingerprint density at radius 3 is 2.53 bits per heavy atom. The van der Waals surface area contributed by atoms with Crippen LogP contribution in [0.2, 0.25) is 0 Å². The maximum Gasteiger partial charge on any atom is 0.126 e. The van der Waals surface area contributed by atoms with Gasteiger partial charge in [0.05, 0.1) is 0 Å². The smallest absolute Gasteiger partial charge is 0.126 e. The summed E-state index contributed by atoms with van der Waals surface area (Å²) in [5.41, 5.74) is 8.62. The van der Waals surface area contributed by atoms with E-state index in [4.69, 9.17) is 5.73 Å². The molecule has 2 bridgehead atoms. The fourth-order valence-corrected chi connectivity index (χ4v) is 3.50. The molecular weight excluding hydrogens is 189 g/mol. The summed E-state index contributed by atoms with van der Waals surface area (Å²) in [6, 6.07) is 5.55. The lowest BCUT2D eigenvalue weighted by atomic mass is 9.33. The van der Waals surface area contributed by atoms with Gasteiger partial charge in [-0.15, -0.1) is 0 Å². The predicted molar refractivity (Wildman–Crippen MR) is 58.2 cm³/mol. The average Bonchev–Trinajstić information content (AvgIpc) is 2.07. The summed E-state index contributed by atoms with van der Waals surface area (Å²) >= 11 is 0. The monoisotopic (exact) mass is 205 g/mol. The van der Waals surface area contributed by atoms with Gasteiger partial charge >= 0.3 is 0 Å². The molecule has 2 N–H and O–H groups in total. The van der Waals surface area contributed by atoms with Crippen LogP contribution < -0.4 is 5.73 Å². The number of hydrogen-bond donors (Lipinski definition) is 1. The number of aryl methyl sites for hydroxylation is 1. The summed E-state index contributed by atoms with van der Waals surface area (Å²) in [5.74, 6) is -0.0983. The molecule has 0 spiro atoms. The average molecular weight is 205 g/mol. The number of benzene rings is 1. The number of nitrogens with two attached hydrogens (primary N) is 1. The van der Waals surface area contributed by atoms with E-state index in [2.05, 4.69) is 0 Å². The summed E-state index contributed by atoms with van der Waals surface area (Å²) in [6.07, 6.45) is 3.63. The lowest BCUT2D eigenvalue weighted by Gasteiger charge is -2.71. The first-order chi connectivity index (χ1) is 7.09. The number of rotatable bonds is 2. The van der Waals surface area contributed by atoms with Crippen molar-refractivity contribution in [2.24, 2.45) is 11.1 Å². The molecule has 0 unspecified atom stereocenters. The molecule has 2 heteroatoms. The standard InChI is InChI=1S/C13H16FN/c1-9-4-10(2-3-11(9)14)13-5-12(6-13,7-13)8-15/h2-4H,5-8,15H2,1H3. The van der Waals surface area contributed by atoms with Crippen molar-refractivity contribution in [2.45, 2.75) is 31.6 Å². The highest BCUT2D eigenvalue weighted by molar-refractivity contribution is 5.40. The highest BCUT2D eigenvalue weighted by Crippen LogP contribution is 2.73. The van der Waals surface area contributed by atoms with E-state index in [0.29, 0.717) is 10.8 Å². The Bertz CT molecular complexity index is 405. The summed E-state index contributed by atoms with van der Waals surface area (Å²) in [5, 5.41) is 0. The third-order valence-electron chi connectivity index (χ3n) is 4.34. The third kappa shape index (κ3) is 1.06. The van der Waals surface area contributed by atoms with Gasteiger partial charge in [0.15, 0.2) is 0 Å². The lowest BCUT2D eigenvalue weighted by Crippen LogP contribution is -2.67. The Labute approximate surface area is 89.5 Å². The van der Waals surface area contributed by atoms with Crippen LogP contribution in [0.3, 0.4) is 0 Å². The van der Waals surface area contributed by atoms with Gasteiger partial charge in [0.25, 0.3) is 0 Å². The van der Waals surface area contributed by atoms with Crippen molar-refractivity contribution in [3.63, 3.8) is 0 Å². The van der Waals surface area contributed by atoms with Gasteiger partial charge in [-0.3, -0.25) is 0 Å². The van der Waals surface area contributed by atoms with Crippen LogP contribution >= 0.6 is 0 Å². The van der Waals surface area contributed by atoms with Crippen LogP contribution in [-0.2, 0) is 5.41 Å². The quantitative estimate of drug-likeness (QED) is 0.788. The zero-order chi connectivity index (χ0) is 10.7. The topological polar surface area (TPSA) is 26.0 Å². The van der Waals surface area contributed by atoms with E-state index in [0.717, 1.165) is 12.1 Å². The van der Waals surface area contributed by atoms with Crippen LogP contribution in [0.1, 0.15) is 30.4 Å². The van der Waals surface area contributed by atoms with Crippen molar-refractivity contribution < 1.29 is 4.39 Å². The molecule has 0 aromatic heterocycles. The van der Waals surface area contributed by atoms with E-state index in [1.807, 2.05) is 19.1 Å². The predicted octanol–water partition coefficient (Wildman–Crippen LogP) is 2.51. The van der Waals surface area contributed by atoms with Gasteiger partial charge < -0.3 is 5.73 Å². The molecule has 80 valence electrons. The fraction of sp³-hybridized carbons (Fsp3) is 0.538. The second-order valence-corrected chi connectivity index (χ2v) is 5.48. The Morgan fingerprint density at radius 2 is 2.00 bits per heavy atom. The molecule has 3 saturated carbocycles. The number of hydrogen-bond acceptors (Lipinski definition) is 1. The van der Waals surface area contributed by atoms with Crippen molar-refractivity contribution in [1.29, 1.82) is 0 Å². The van der Waals surface area contributed by atoms with Crippen LogP contribution in [0.4, 0.5) is 4.39 Å². The second kappa shape index (κ2) is 2.62. The second-order valence-electron chi connectivity index (χ2n) is 5.48. The minimum absolute atomic E-state index is 0.0983. The molecular formula is C13H16FN. The molecule has 1 aromatic carbocycles. The first-order valence-electron chi connectivity index (χ1n) is 5.56. The van der Waals surface area contributed by atoms with Crippen LogP contribution in [0.25, 0.3) is 0 Å². The third-order valence-corrected chi connectivity index (χ3v) is 4.34. The molecule has 3 aliphatic rings. The van der Waals surface area contributed by atoms with Gasteiger partial charge in [-0.2, -0.15) is 0 Å². The lowest BCUT2D eigenvalue weighted by molar-refractivity contribution is -0.132. The first kappa shape index (κ1) is 9.34. The molecule has 4 rings (SSSR count). The van der Waals surface area contributed by atoms with Crippen molar-refractivity contribution >= 4 is 0 Å². The summed E-state index contributed by atoms with van der Waals surface area (Å²) in [4.78, 5) is 0. The Hall–Kier alpha value is -0.890. The minimum atomic E-state index is -0.0983. The van der Waals surface area contributed by atoms with Gasteiger partial charge in [-0.1, -0.05) is 12.1 Å². The van der Waals surface area contributed by atoms with Crippen LogP contribution in [0.5, 0.6) is 0 Å². The molecule has 3 aliphatic carbocycles.